The van der Waals surface area contributed by atoms with Gasteiger partial charge in [-0.15, -0.1) is 11.3 Å². The van der Waals surface area contributed by atoms with Crippen LogP contribution >= 0.6 is 11.3 Å². The molecule has 0 bridgehead atoms. The third kappa shape index (κ3) is 3.08. The summed E-state index contributed by atoms with van der Waals surface area (Å²) >= 11 is 1.53. The van der Waals surface area contributed by atoms with Crippen LogP contribution < -0.4 is 5.32 Å². The maximum absolute atomic E-state index is 12.7. The molecule has 4 rings (SSSR count). The lowest BCUT2D eigenvalue weighted by molar-refractivity contribution is 0.0767. The minimum absolute atomic E-state index is 0.139. The molecule has 120 valence electrons. The Balaban J connectivity index is 1.52. The first-order valence-corrected chi connectivity index (χ1v) is 9.02. The van der Waals surface area contributed by atoms with Crippen LogP contribution in [0.5, 0.6) is 0 Å². The van der Waals surface area contributed by atoms with Gasteiger partial charge in [0.05, 0.1) is 10.6 Å². The molecule has 0 aromatic carbocycles. The lowest BCUT2D eigenvalue weighted by Gasteiger charge is -2.19. The molecular weight excluding hydrogens is 308 g/mol. The highest BCUT2D eigenvalue weighted by molar-refractivity contribution is 7.12. The van der Waals surface area contributed by atoms with Crippen LogP contribution in [0.25, 0.3) is 0 Å². The van der Waals surface area contributed by atoms with Gasteiger partial charge in [0, 0.05) is 31.1 Å². The number of rotatable bonds is 3. The third-order valence-corrected chi connectivity index (χ3v) is 5.47. The van der Waals surface area contributed by atoms with E-state index in [0.717, 1.165) is 47.9 Å². The van der Waals surface area contributed by atoms with Gasteiger partial charge in [0.25, 0.3) is 5.91 Å². The summed E-state index contributed by atoms with van der Waals surface area (Å²) in [6, 6.07) is 2.55. The Morgan fingerprint density at radius 1 is 1.30 bits per heavy atom. The quantitative estimate of drug-likeness (QED) is 0.941. The Kier molecular flexibility index (Phi) is 3.77. The van der Waals surface area contributed by atoms with E-state index in [2.05, 4.69) is 15.3 Å². The molecular formula is C17H20N4OS. The predicted molar refractivity (Wildman–Crippen MR) is 91.0 cm³/mol. The molecule has 2 aromatic rings. The Hall–Kier alpha value is -1.95. The normalized spacial score (nSPS) is 17.5. The first-order valence-electron chi connectivity index (χ1n) is 8.14. The molecule has 2 aromatic heterocycles. The number of aromatic nitrogens is 2. The fourth-order valence-corrected chi connectivity index (χ4v) is 3.84. The van der Waals surface area contributed by atoms with Gasteiger partial charge in [0.1, 0.15) is 12.1 Å². The molecule has 0 saturated heterocycles. The van der Waals surface area contributed by atoms with Crippen LogP contribution in [0.1, 0.15) is 39.3 Å². The molecule has 1 N–H and O–H groups in total. The van der Waals surface area contributed by atoms with Gasteiger partial charge in [-0.1, -0.05) is 0 Å². The maximum atomic E-state index is 12.7. The number of hydrogen-bond donors (Lipinski definition) is 1. The molecule has 3 heterocycles. The molecule has 0 spiro atoms. The van der Waals surface area contributed by atoms with Gasteiger partial charge in [0.2, 0.25) is 0 Å². The summed E-state index contributed by atoms with van der Waals surface area (Å²) in [5, 5.41) is 5.53. The van der Waals surface area contributed by atoms with Crippen LogP contribution in [0.15, 0.2) is 17.8 Å². The number of hydrogen-bond acceptors (Lipinski definition) is 5. The molecule has 6 heteroatoms. The summed E-state index contributed by atoms with van der Waals surface area (Å²) in [5.74, 6) is 1.11. The van der Waals surface area contributed by atoms with E-state index in [0.29, 0.717) is 6.04 Å². The van der Waals surface area contributed by atoms with Gasteiger partial charge < -0.3 is 10.2 Å². The second-order valence-electron chi connectivity index (χ2n) is 6.35. The van der Waals surface area contributed by atoms with Crippen molar-refractivity contribution in [3.63, 3.8) is 0 Å². The first-order chi connectivity index (χ1) is 11.2. The summed E-state index contributed by atoms with van der Waals surface area (Å²) < 4.78 is 0. The zero-order valence-corrected chi connectivity index (χ0v) is 14.0. The molecule has 1 saturated carbocycles. The zero-order valence-electron chi connectivity index (χ0n) is 13.2. The van der Waals surface area contributed by atoms with Crippen LogP contribution in [0, 0.1) is 6.92 Å². The second kappa shape index (κ2) is 5.92. The summed E-state index contributed by atoms with van der Waals surface area (Å²) in [7, 11) is 0. The molecule has 2 aliphatic rings. The van der Waals surface area contributed by atoms with Crippen LogP contribution in [-0.2, 0) is 12.8 Å². The number of nitrogens with zero attached hydrogens (tertiary/aromatic N) is 3. The number of carbonyl (C=O) groups is 1. The first kappa shape index (κ1) is 14.6. The van der Waals surface area contributed by atoms with Crippen molar-refractivity contribution in [2.45, 2.75) is 38.6 Å². The lowest BCUT2D eigenvalue weighted by Crippen LogP contribution is -2.32. The Morgan fingerprint density at radius 2 is 2.13 bits per heavy atom. The van der Waals surface area contributed by atoms with Crippen LogP contribution in [0.4, 0.5) is 5.82 Å². The largest absolute Gasteiger partial charge is 0.367 e. The zero-order chi connectivity index (χ0) is 15.8. The van der Waals surface area contributed by atoms with E-state index in [1.165, 1.54) is 29.7 Å². The average molecular weight is 328 g/mol. The van der Waals surface area contributed by atoms with Crippen molar-refractivity contribution in [1.29, 1.82) is 0 Å². The minimum atomic E-state index is 0.139. The maximum Gasteiger partial charge on any atom is 0.263 e. The van der Waals surface area contributed by atoms with Crippen molar-refractivity contribution >= 4 is 23.1 Å². The van der Waals surface area contributed by atoms with E-state index in [1.54, 1.807) is 6.33 Å². The van der Waals surface area contributed by atoms with Crippen molar-refractivity contribution in [2.75, 3.05) is 18.4 Å². The fourth-order valence-electron chi connectivity index (χ4n) is 2.97. The van der Waals surface area contributed by atoms with Crippen molar-refractivity contribution in [3.05, 3.63) is 39.5 Å². The Bertz CT molecular complexity index is 738. The van der Waals surface area contributed by atoms with E-state index < -0.39 is 0 Å². The number of nitrogens with one attached hydrogen (secondary N) is 1. The molecule has 0 atom stereocenters. The number of carbonyl (C=O) groups excluding carboxylic acids is 1. The number of anilines is 1. The van der Waals surface area contributed by atoms with E-state index in [4.69, 9.17) is 0 Å². The van der Waals surface area contributed by atoms with E-state index in [1.807, 2.05) is 23.3 Å². The van der Waals surface area contributed by atoms with E-state index in [9.17, 15) is 4.79 Å². The highest BCUT2D eigenvalue weighted by atomic mass is 32.1. The molecule has 1 aliphatic heterocycles. The topological polar surface area (TPSA) is 58.1 Å². The molecule has 0 radical (unpaired) electrons. The Morgan fingerprint density at radius 3 is 2.87 bits per heavy atom. The van der Waals surface area contributed by atoms with Crippen LogP contribution in [-0.4, -0.2) is 39.9 Å². The summed E-state index contributed by atoms with van der Waals surface area (Å²) in [6.45, 7) is 3.48. The summed E-state index contributed by atoms with van der Waals surface area (Å²) in [6.07, 6.45) is 5.71. The number of thiophene rings is 1. The molecule has 0 unspecified atom stereocenters. The highest BCUT2D eigenvalue weighted by Crippen LogP contribution is 2.28. The van der Waals surface area contributed by atoms with Crippen LogP contribution in [0.3, 0.4) is 0 Å². The highest BCUT2D eigenvalue weighted by Gasteiger charge is 2.26. The molecule has 1 amide bonds. The Labute approximate surface area is 139 Å². The average Bonchev–Trinajstić information content (AvgIpc) is 3.30. The van der Waals surface area contributed by atoms with Gasteiger partial charge in [-0.3, -0.25) is 4.79 Å². The minimum Gasteiger partial charge on any atom is -0.367 e. The summed E-state index contributed by atoms with van der Waals surface area (Å²) in [4.78, 5) is 24.3. The predicted octanol–water partition coefficient (Wildman–Crippen LogP) is 2.66. The SMILES string of the molecule is Cc1csc(C(=O)N2CCc3ncnc(NC4CC4)c3CC2)c1. The van der Waals surface area contributed by atoms with Crippen molar-refractivity contribution < 1.29 is 4.79 Å². The van der Waals surface area contributed by atoms with Gasteiger partial charge in [-0.2, -0.15) is 0 Å². The molecule has 1 aliphatic carbocycles. The van der Waals surface area contributed by atoms with Crippen molar-refractivity contribution in [1.82, 2.24) is 14.9 Å². The van der Waals surface area contributed by atoms with Gasteiger partial charge in [-0.05, 0) is 43.2 Å². The van der Waals surface area contributed by atoms with Crippen molar-refractivity contribution in [2.24, 2.45) is 0 Å². The van der Waals surface area contributed by atoms with Gasteiger partial charge in [-0.25, -0.2) is 9.97 Å². The monoisotopic (exact) mass is 328 g/mol. The lowest BCUT2D eigenvalue weighted by atomic mass is 10.1. The molecule has 1 fully saturated rings. The second-order valence-corrected chi connectivity index (χ2v) is 7.26. The number of amides is 1. The van der Waals surface area contributed by atoms with Crippen molar-refractivity contribution in [3.8, 4) is 0 Å². The fraction of sp³-hybridized carbons (Fsp3) is 0.471. The van der Waals surface area contributed by atoms with Crippen LogP contribution in [0.2, 0.25) is 0 Å². The molecule has 5 nitrogen and oxygen atoms in total. The van der Waals surface area contributed by atoms with Gasteiger partial charge in [0.15, 0.2) is 0 Å². The van der Waals surface area contributed by atoms with E-state index >= 15 is 0 Å². The third-order valence-electron chi connectivity index (χ3n) is 4.43. The number of aryl methyl sites for hydroxylation is 1. The standard InChI is InChI=1S/C17H20N4OS/c1-11-8-15(23-9-11)17(22)21-6-4-13-14(5-7-21)18-10-19-16(13)20-12-2-3-12/h8-10,12H,2-7H2,1H3,(H,18,19,20). The number of fused-ring (bicyclic) bond motifs is 1. The molecule has 23 heavy (non-hydrogen) atoms. The van der Waals surface area contributed by atoms with E-state index in [-0.39, 0.29) is 5.91 Å². The van der Waals surface area contributed by atoms with Gasteiger partial charge >= 0.3 is 0 Å². The summed E-state index contributed by atoms with van der Waals surface area (Å²) in [5.41, 5.74) is 3.43. The smallest absolute Gasteiger partial charge is 0.263 e.